The van der Waals surface area contributed by atoms with Crippen LogP contribution in [0.4, 0.5) is 5.69 Å². The molecule has 1 saturated heterocycles. The van der Waals surface area contributed by atoms with Gasteiger partial charge in [0.25, 0.3) is 15.9 Å². The second kappa shape index (κ2) is 9.96. The first-order valence-electron chi connectivity index (χ1n) is 10.5. The van der Waals surface area contributed by atoms with E-state index in [1.165, 1.54) is 12.1 Å². The van der Waals surface area contributed by atoms with Crippen LogP contribution in [0.2, 0.25) is 0 Å². The molecule has 1 fully saturated rings. The summed E-state index contributed by atoms with van der Waals surface area (Å²) in [6.07, 6.45) is 1.24. The Hall–Kier alpha value is -2.87. The number of carbonyl (C=O) groups excluding carboxylic acids is 2. The summed E-state index contributed by atoms with van der Waals surface area (Å²) in [5.74, 6) is 0.212. The molecule has 0 bridgehead atoms. The molecular formula is C23H29N3O4S. The number of anilines is 1. The SMILES string of the molecule is CC(C)CNC(=O)C1CCN(C(=O)c2cccc(NS(=O)(=O)c3ccccc3)c2)CC1. The van der Waals surface area contributed by atoms with Crippen LogP contribution in [0.3, 0.4) is 0 Å². The first kappa shape index (κ1) is 22.8. The molecule has 0 radical (unpaired) electrons. The smallest absolute Gasteiger partial charge is 0.261 e. The highest BCUT2D eigenvalue weighted by Crippen LogP contribution is 2.22. The van der Waals surface area contributed by atoms with E-state index in [-0.39, 0.29) is 22.6 Å². The molecule has 3 rings (SSSR count). The third-order valence-corrected chi connectivity index (χ3v) is 6.65. The average molecular weight is 444 g/mol. The maximum Gasteiger partial charge on any atom is 0.261 e. The standard InChI is InChI=1S/C23H29N3O4S/c1-17(2)16-24-22(27)18-11-13-26(14-12-18)23(28)19-7-6-8-20(15-19)25-31(29,30)21-9-4-3-5-10-21/h3-10,15,17-18,25H,11-14,16H2,1-2H3,(H,24,27). The normalized spacial score (nSPS) is 15.0. The second-order valence-electron chi connectivity index (χ2n) is 8.20. The van der Waals surface area contributed by atoms with Crippen molar-refractivity contribution in [1.29, 1.82) is 0 Å². The fourth-order valence-corrected chi connectivity index (χ4v) is 4.58. The zero-order valence-corrected chi connectivity index (χ0v) is 18.7. The minimum Gasteiger partial charge on any atom is -0.356 e. The second-order valence-corrected chi connectivity index (χ2v) is 9.89. The Kier molecular flexibility index (Phi) is 7.33. The van der Waals surface area contributed by atoms with Crippen molar-refractivity contribution in [2.45, 2.75) is 31.6 Å². The number of benzene rings is 2. The minimum absolute atomic E-state index is 0.0538. The van der Waals surface area contributed by atoms with E-state index in [2.05, 4.69) is 23.9 Å². The van der Waals surface area contributed by atoms with E-state index in [0.717, 1.165) is 0 Å². The van der Waals surface area contributed by atoms with Crippen molar-refractivity contribution in [3.05, 3.63) is 60.2 Å². The number of carbonyl (C=O) groups is 2. The van der Waals surface area contributed by atoms with Gasteiger partial charge in [0.05, 0.1) is 4.90 Å². The summed E-state index contributed by atoms with van der Waals surface area (Å²) in [6.45, 7) is 5.76. The van der Waals surface area contributed by atoms with Gasteiger partial charge >= 0.3 is 0 Å². The lowest BCUT2D eigenvalue weighted by Gasteiger charge is -2.31. The van der Waals surface area contributed by atoms with Crippen LogP contribution in [0.15, 0.2) is 59.5 Å². The summed E-state index contributed by atoms with van der Waals surface area (Å²) < 4.78 is 27.6. The Labute approximate surface area is 183 Å². The van der Waals surface area contributed by atoms with Crippen LogP contribution in [-0.2, 0) is 14.8 Å². The van der Waals surface area contributed by atoms with Crippen LogP contribution in [0.5, 0.6) is 0 Å². The summed E-state index contributed by atoms with van der Waals surface area (Å²) in [5.41, 5.74) is 0.744. The van der Waals surface area contributed by atoms with Crippen molar-refractivity contribution in [3.63, 3.8) is 0 Å². The number of nitrogens with one attached hydrogen (secondary N) is 2. The van der Waals surface area contributed by atoms with Gasteiger partial charge in [0.1, 0.15) is 0 Å². The Morgan fingerprint density at radius 1 is 1.03 bits per heavy atom. The summed E-state index contributed by atoms with van der Waals surface area (Å²) in [4.78, 5) is 27.1. The highest BCUT2D eigenvalue weighted by molar-refractivity contribution is 7.92. The fourth-order valence-electron chi connectivity index (χ4n) is 3.51. The summed E-state index contributed by atoms with van der Waals surface area (Å²) >= 11 is 0. The van der Waals surface area contributed by atoms with E-state index in [4.69, 9.17) is 0 Å². The van der Waals surface area contributed by atoms with Gasteiger partial charge in [-0.1, -0.05) is 38.1 Å². The topological polar surface area (TPSA) is 95.6 Å². The Balaban J connectivity index is 1.61. The number of nitrogens with zero attached hydrogens (tertiary/aromatic N) is 1. The largest absolute Gasteiger partial charge is 0.356 e. The quantitative estimate of drug-likeness (QED) is 0.687. The number of amides is 2. The first-order valence-corrected chi connectivity index (χ1v) is 12.0. The van der Waals surface area contributed by atoms with Crippen LogP contribution >= 0.6 is 0 Å². The van der Waals surface area contributed by atoms with Gasteiger partial charge in [0.2, 0.25) is 5.91 Å². The summed E-state index contributed by atoms with van der Waals surface area (Å²) in [5, 5.41) is 2.96. The molecular weight excluding hydrogens is 414 g/mol. The summed E-state index contributed by atoms with van der Waals surface area (Å²) in [6, 6.07) is 14.6. The molecule has 2 N–H and O–H groups in total. The van der Waals surface area contributed by atoms with E-state index >= 15 is 0 Å². The maximum atomic E-state index is 12.9. The van der Waals surface area contributed by atoms with E-state index in [9.17, 15) is 18.0 Å². The molecule has 1 aliphatic rings. The van der Waals surface area contributed by atoms with Crippen LogP contribution in [0.25, 0.3) is 0 Å². The Morgan fingerprint density at radius 2 is 1.71 bits per heavy atom. The predicted octanol–water partition coefficient (Wildman–Crippen LogP) is 3.11. The lowest BCUT2D eigenvalue weighted by atomic mass is 9.95. The number of hydrogen-bond acceptors (Lipinski definition) is 4. The van der Waals surface area contributed by atoms with Gasteiger partial charge in [-0.15, -0.1) is 0 Å². The molecule has 2 amide bonds. The Morgan fingerprint density at radius 3 is 2.35 bits per heavy atom. The first-order chi connectivity index (χ1) is 14.8. The zero-order chi connectivity index (χ0) is 22.4. The molecule has 2 aromatic carbocycles. The average Bonchev–Trinajstić information content (AvgIpc) is 2.77. The third-order valence-electron chi connectivity index (χ3n) is 5.25. The fraction of sp³-hybridized carbons (Fsp3) is 0.391. The van der Waals surface area contributed by atoms with Gasteiger partial charge in [-0.3, -0.25) is 14.3 Å². The molecule has 31 heavy (non-hydrogen) atoms. The number of hydrogen-bond donors (Lipinski definition) is 2. The van der Waals surface area contributed by atoms with Crippen LogP contribution < -0.4 is 10.0 Å². The van der Waals surface area contributed by atoms with Gasteiger partial charge in [0, 0.05) is 36.8 Å². The number of rotatable bonds is 7. The molecule has 166 valence electrons. The molecule has 8 heteroatoms. The highest BCUT2D eigenvalue weighted by atomic mass is 32.2. The van der Waals surface area contributed by atoms with Gasteiger partial charge in [0.15, 0.2) is 0 Å². The van der Waals surface area contributed by atoms with Crippen molar-refractivity contribution < 1.29 is 18.0 Å². The van der Waals surface area contributed by atoms with Gasteiger partial charge in [-0.2, -0.15) is 0 Å². The predicted molar refractivity (Wildman–Crippen MR) is 120 cm³/mol. The molecule has 1 heterocycles. The molecule has 7 nitrogen and oxygen atoms in total. The lowest BCUT2D eigenvalue weighted by molar-refractivity contribution is -0.126. The molecule has 0 unspecified atom stereocenters. The number of sulfonamides is 1. The van der Waals surface area contributed by atoms with Crippen molar-refractivity contribution >= 4 is 27.5 Å². The van der Waals surface area contributed by atoms with E-state index in [1.807, 2.05) is 0 Å². The van der Waals surface area contributed by atoms with Crippen molar-refractivity contribution in [1.82, 2.24) is 10.2 Å². The van der Waals surface area contributed by atoms with Crippen LogP contribution in [0, 0.1) is 11.8 Å². The van der Waals surface area contributed by atoms with Crippen LogP contribution in [0.1, 0.15) is 37.0 Å². The monoisotopic (exact) mass is 443 g/mol. The van der Waals surface area contributed by atoms with Crippen LogP contribution in [-0.4, -0.2) is 44.8 Å². The van der Waals surface area contributed by atoms with Crippen molar-refractivity contribution in [2.75, 3.05) is 24.4 Å². The third kappa shape index (κ3) is 6.07. The molecule has 0 aromatic heterocycles. The van der Waals surface area contributed by atoms with Gasteiger partial charge in [-0.25, -0.2) is 8.42 Å². The van der Waals surface area contributed by atoms with E-state index < -0.39 is 10.0 Å². The lowest BCUT2D eigenvalue weighted by Crippen LogP contribution is -2.43. The molecule has 0 spiro atoms. The molecule has 0 atom stereocenters. The summed E-state index contributed by atoms with van der Waals surface area (Å²) in [7, 11) is -3.73. The van der Waals surface area contributed by atoms with Gasteiger partial charge < -0.3 is 10.2 Å². The van der Waals surface area contributed by atoms with E-state index in [0.29, 0.717) is 49.6 Å². The number of piperidine rings is 1. The van der Waals surface area contributed by atoms with E-state index in [1.54, 1.807) is 47.4 Å². The minimum atomic E-state index is -3.73. The van der Waals surface area contributed by atoms with Crippen molar-refractivity contribution in [2.24, 2.45) is 11.8 Å². The molecule has 2 aromatic rings. The molecule has 0 saturated carbocycles. The molecule has 0 aliphatic carbocycles. The van der Waals surface area contributed by atoms with Gasteiger partial charge in [-0.05, 0) is 49.1 Å². The number of likely N-dealkylation sites (tertiary alicyclic amines) is 1. The molecule has 1 aliphatic heterocycles. The Bertz CT molecular complexity index is 1010. The maximum absolute atomic E-state index is 12.9. The zero-order valence-electron chi connectivity index (χ0n) is 17.9. The van der Waals surface area contributed by atoms with Crippen molar-refractivity contribution in [3.8, 4) is 0 Å². The highest BCUT2D eigenvalue weighted by Gasteiger charge is 2.28.